The van der Waals surface area contributed by atoms with E-state index >= 15 is 0 Å². The van der Waals surface area contributed by atoms with Crippen molar-refractivity contribution in [2.24, 2.45) is 5.14 Å². The molecule has 3 aromatic rings. The first-order valence-electron chi connectivity index (χ1n) is 9.91. The van der Waals surface area contributed by atoms with Gasteiger partial charge in [-0.3, -0.25) is 0 Å². The minimum Gasteiger partial charge on any atom is -0.454 e. The molecule has 0 aliphatic rings. The topological polar surface area (TPSA) is 84.7 Å². The zero-order valence-corrected chi connectivity index (χ0v) is 18.9. The molecule has 0 aromatic heterocycles. The number of nitrogens with one attached hydrogen (secondary N) is 1. The number of hydrogen-bond acceptors (Lipinski definition) is 5. The van der Waals surface area contributed by atoms with Gasteiger partial charge in [-0.15, -0.1) is 0 Å². The van der Waals surface area contributed by atoms with Gasteiger partial charge in [-0.2, -0.15) is 13.2 Å². The van der Waals surface area contributed by atoms with Crippen molar-refractivity contribution in [1.29, 1.82) is 0 Å². The lowest BCUT2D eigenvalue weighted by Crippen LogP contribution is -2.17. The van der Waals surface area contributed by atoms with Crippen LogP contribution in [0, 0.1) is 0 Å². The second-order valence-electron chi connectivity index (χ2n) is 7.72. The molecule has 0 spiro atoms. The van der Waals surface area contributed by atoms with E-state index in [1.807, 2.05) is 49.3 Å². The van der Waals surface area contributed by atoms with Crippen molar-refractivity contribution in [2.45, 2.75) is 24.2 Å². The van der Waals surface area contributed by atoms with Crippen molar-refractivity contribution < 1.29 is 26.3 Å². The molecule has 33 heavy (non-hydrogen) atoms. The van der Waals surface area contributed by atoms with Crippen LogP contribution in [0.15, 0.2) is 71.6 Å². The Kier molecular flexibility index (Phi) is 7.31. The van der Waals surface area contributed by atoms with Gasteiger partial charge in [0.1, 0.15) is 10.6 Å². The first kappa shape index (κ1) is 24.6. The Balaban J connectivity index is 2.05. The van der Waals surface area contributed by atoms with Crippen molar-refractivity contribution in [3.8, 4) is 11.5 Å². The van der Waals surface area contributed by atoms with Crippen LogP contribution < -0.4 is 15.2 Å². The lowest BCUT2D eigenvalue weighted by molar-refractivity contribution is -0.137. The smallest absolute Gasteiger partial charge is 0.416 e. The van der Waals surface area contributed by atoms with Gasteiger partial charge in [0, 0.05) is 13.1 Å². The third-order valence-electron chi connectivity index (χ3n) is 4.65. The molecule has 3 aromatic carbocycles. The zero-order valence-electron chi connectivity index (χ0n) is 18.1. The predicted octanol–water partition coefficient (Wildman–Crippen LogP) is 4.82. The van der Waals surface area contributed by atoms with E-state index in [0.29, 0.717) is 24.3 Å². The van der Waals surface area contributed by atoms with Crippen molar-refractivity contribution in [3.63, 3.8) is 0 Å². The molecule has 0 saturated carbocycles. The second kappa shape index (κ2) is 9.82. The summed E-state index contributed by atoms with van der Waals surface area (Å²) in [5.41, 5.74) is 1.11. The molecule has 3 rings (SSSR count). The second-order valence-corrected chi connectivity index (χ2v) is 9.25. The fourth-order valence-electron chi connectivity index (χ4n) is 3.19. The maximum atomic E-state index is 12.9. The molecule has 0 unspecified atom stereocenters. The van der Waals surface area contributed by atoms with Crippen LogP contribution in [-0.4, -0.2) is 27.4 Å². The highest BCUT2D eigenvalue weighted by Crippen LogP contribution is 2.38. The van der Waals surface area contributed by atoms with E-state index in [2.05, 4.69) is 5.32 Å². The van der Waals surface area contributed by atoms with Crippen molar-refractivity contribution >= 4 is 15.7 Å². The van der Waals surface area contributed by atoms with E-state index in [1.54, 1.807) is 6.07 Å². The summed E-state index contributed by atoms with van der Waals surface area (Å²) in [7, 11) is -0.545. The Morgan fingerprint density at radius 1 is 0.970 bits per heavy atom. The number of primary sulfonamides is 1. The fraction of sp³-hybridized carbons (Fsp3) is 0.217. The van der Waals surface area contributed by atoms with Crippen molar-refractivity contribution in [2.75, 3.05) is 19.4 Å². The standard InChI is InChI=1S/C23H24F3N3O3S/c1-29(2)15-17-12-20(28-14-16-6-4-3-5-7-16)22(21(13-17)33(27,30)31)32-19-10-8-18(9-11-19)23(24,25)26/h3-13,28H,14-15H2,1-2H3,(H2,27,30,31). The van der Waals surface area contributed by atoms with E-state index in [-0.39, 0.29) is 16.4 Å². The first-order chi connectivity index (χ1) is 15.4. The summed E-state index contributed by atoms with van der Waals surface area (Å²) >= 11 is 0. The van der Waals surface area contributed by atoms with Gasteiger partial charge in [0.2, 0.25) is 10.0 Å². The number of nitrogens with zero attached hydrogens (tertiary/aromatic N) is 1. The summed E-state index contributed by atoms with van der Waals surface area (Å²) in [4.78, 5) is 1.59. The molecule has 176 valence electrons. The summed E-state index contributed by atoms with van der Waals surface area (Å²) in [6.45, 7) is 0.794. The number of rotatable bonds is 8. The van der Waals surface area contributed by atoms with Gasteiger partial charge in [0.05, 0.1) is 11.3 Å². The number of halogens is 3. The highest BCUT2D eigenvalue weighted by atomic mass is 32.2. The minimum atomic E-state index is -4.50. The molecule has 10 heteroatoms. The van der Waals surface area contributed by atoms with Crippen molar-refractivity contribution in [3.05, 3.63) is 83.4 Å². The molecular weight excluding hydrogens is 455 g/mol. The minimum absolute atomic E-state index is 0.0380. The maximum absolute atomic E-state index is 12.9. The van der Waals surface area contributed by atoms with Gasteiger partial charge in [0.15, 0.2) is 5.75 Å². The summed E-state index contributed by atoms with van der Waals surface area (Å²) in [6.07, 6.45) is -4.50. The summed E-state index contributed by atoms with van der Waals surface area (Å²) in [6, 6.07) is 16.5. The van der Waals surface area contributed by atoms with Crippen LogP contribution in [0.4, 0.5) is 18.9 Å². The number of sulfonamides is 1. The Bertz CT molecular complexity index is 1200. The normalized spacial score (nSPS) is 12.1. The lowest BCUT2D eigenvalue weighted by Gasteiger charge is -2.19. The van der Waals surface area contributed by atoms with Gasteiger partial charge < -0.3 is 15.0 Å². The van der Waals surface area contributed by atoms with Gasteiger partial charge in [-0.1, -0.05) is 30.3 Å². The average molecular weight is 480 g/mol. The van der Waals surface area contributed by atoms with E-state index in [9.17, 15) is 21.6 Å². The Morgan fingerprint density at radius 3 is 2.15 bits per heavy atom. The van der Waals surface area contributed by atoms with E-state index in [1.165, 1.54) is 6.07 Å². The van der Waals surface area contributed by atoms with Crippen LogP contribution in [0.1, 0.15) is 16.7 Å². The van der Waals surface area contributed by atoms with Crippen LogP contribution >= 0.6 is 0 Å². The van der Waals surface area contributed by atoms with E-state index in [0.717, 1.165) is 29.8 Å². The summed E-state index contributed by atoms with van der Waals surface area (Å²) < 4.78 is 69.3. The Hall–Kier alpha value is -3.08. The summed E-state index contributed by atoms with van der Waals surface area (Å²) in [5.74, 6) is -0.0493. The number of nitrogens with two attached hydrogens (primary N) is 1. The van der Waals surface area contributed by atoms with Crippen LogP contribution in [0.2, 0.25) is 0 Å². The molecule has 0 saturated heterocycles. The van der Waals surface area contributed by atoms with Gasteiger partial charge in [-0.25, -0.2) is 13.6 Å². The Morgan fingerprint density at radius 2 is 1.61 bits per heavy atom. The number of hydrogen-bond donors (Lipinski definition) is 2. The third-order valence-corrected chi connectivity index (χ3v) is 5.56. The zero-order chi connectivity index (χ0) is 24.2. The molecule has 0 aliphatic carbocycles. The number of ether oxygens (including phenoxy) is 1. The van der Waals surface area contributed by atoms with Crippen LogP contribution in [0.3, 0.4) is 0 Å². The van der Waals surface area contributed by atoms with Gasteiger partial charge in [-0.05, 0) is 61.6 Å². The Labute approximate surface area is 190 Å². The molecular formula is C23H24F3N3O3S. The maximum Gasteiger partial charge on any atom is 0.416 e. The molecule has 3 N–H and O–H groups in total. The lowest BCUT2D eigenvalue weighted by atomic mass is 10.1. The quantitative estimate of drug-likeness (QED) is 0.484. The summed E-state index contributed by atoms with van der Waals surface area (Å²) in [5, 5.41) is 8.64. The predicted molar refractivity (Wildman–Crippen MR) is 120 cm³/mol. The molecule has 0 fully saturated rings. The number of alkyl halides is 3. The highest BCUT2D eigenvalue weighted by molar-refractivity contribution is 7.89. The van der Waals surface area contributed by atoms with E-state index in [4.69, 9.17) is 9.88 Å². The molecule has 0 heterocycles. The third kappa shape index (κ3) is 6.70. The molecule has 0 bridgehead atoms. The molecule has 0 aliphatic heterocycles. The highest BCUT2D eigenvalue weighted by Gasteiger charge is 2.30. The number of anilines is 1. The van der Waals surface area contributed by atoms with E-state index < -0.39 is 21.8 Å². The fourth-order valence-corrected chi connectivity index (χ4v) is 3.91. The molecule has 0 radical (unpaired) electrons. The van der Waals surface area contributed by atoms with Gasteiger partial charge >= 0.3 is 6.18 Å². The SMILES string of the molecule is CN(C)Cc1cc(NCc2ccccc2)c(Oc2ccc(C(F)(F)F)cc2)c(S(N)(=O)=O)c1. The largest absolute Gasteiger partial charge is 0.454 e. The average Bonchev–Trinajstić information content (AvgIpc) is 2.73. The van der Waals surface area contributed by atoms with Crippen molar-refractivity contribution in [1.82, 2.24) is 4.90 Å². The van der Waals surface area contributed by atoms with Crippen LogP contribution in [-0.2, 0) is 29.3 Å². The monoisotopic (exact) mass is 479 g/mol. The molecule has 0 atom stereocenters. The van der Waals surface area contributed by atoms with Crippen LogP contribution in [0.25, 0.3) is 0 Å². The van der Waals surface area contributed by atoms with Crippen LogP contribution in [0.5, 0.6) is 11.5 Å². The van der Waals surface area contributed by atoms with Gasteiger partial charge in [0.25, 0.3) is 0 Å². The molecule has 6 nitrogen and oxygen atoms in total. The number of benzene rings is 3. The molecule has 0 amide bonds. The first-order valence-corrected chi connectivity index (χ1v) is 11.5.